The molecule has 0 aliphatic rings. The van der Waals surface area contributed by atoms with Crippen LogP contribution in [0.3, 0.4) is 0 Å². The van der Waals surface area contributed by atoms with Gasteiger partial charge in [0, 0.05) is 25.4 Å². The van der Waals surface area contributed by atoms with Crippen LogP contribution in [-0.4, -0.2) is 16.9 Å². The Morgan fingerprint density at radius 1 is 1.47 bits per heavy atom. The van der Waals surface area contributed by atoms with Gasteiger partial charge in [0.05, 0.1) is 17.3 Å². The zero-order valence-electron chi connectivity index (χ0n) is 9.77. The van der Waals surface area contributed by atoms with E-state index >= 15 is 0 Å². The Balaban J connectivity index is 2.49. The molecule has 0 unspecified atom stereocenters. The number of benzene rings is 1. The smallest absolute Gasteiger partial charge is 0.133 e. The molecule has 4 nitrogen and oxygen atoms in total. The average Bonchev–Trinajstić information content (AvgIpc) is 2.70. The van der Waals surface area contributed by atoms with Crippen LogP contribution >= 0.6 is 15.9 Å². The highest BCUT2D eigenvalue weighted by Gasteiger charge is 2.10. The maximum Gasteiger partial charge on any atom is 0.133 e. The molecule has 0 aliphatic heterocycles. The predicted molar refractivity (Wildman–Crippen MR) is 70.8 cm³/mol. The SMILES string of the molecule is COc1ccc(-c2cn(C)nc2CN)cc1Br. The first-order chi connectivity index (χ1) is 8.15. The van der Waals surface area contributed by atoms with E-state index in [0.29, 0.717) is 6.54 Å². The molecule has 5 heteroatoms. The first-order valence-corrected chi connectivity index (χ1v) is 6.01. The molecule has 0 spiro atoms. The van der Waals surface area contributed by atoms with Crippen molar-refractivity contribution in [2.24, 2.45) is 12.8 Å². The summed E-state index contributed by atoms with van der Waals surface area (Å²) in [6, 6.07) is 5.93. The molecule has 90 valence electrons. The third-order valence-corrected chi connectivity index (χ3v) is 3.18. The number of nitrogens with two attached hydrogens (primary N) is 1. The maximum absolute atomic E-state index is 5.68. The van der Waals surface area contributed by atoms with E-state index in [0.717, 1.165) is 27.0 Å². The van der Waals surface area contributed by atoms with Crippen molar-refractivity contribution in [1.82, 2.24) is 9.78 Å². The van der Waals surface area contributed by atoms with Crippen LogP contribution in [0, 0.1) is 0 Å². The summed E-state index contributed by atoms with van der Waals surface area (Å²) >= 11 is 3.47. The molecule has 0 aliphatic carbocycles. The lowest BCUT2D eigenvalue weighted by Crippen LogP contribution is -1.99. The van der Waals surface area contributed by atoms with E-state index in [9.17, 15) is 0 Å². The van der Waals surface area contributed by atoms with Crippen LogP contribution < -0.4 is 10.5 Å². The van der Waals surface area contributed by atoms with Gasteiger partial charge in [-0.2, -0.15) is 5.10 Å². The molecule has 1 heterocycles. The van der Waals surface area contributed by atoms with Gasteiger partial charge in [0.15, 0.2) is 0 Å². The zero-order valence-corrected chi connectivity index (χ0v) is 11.4. The molecule has 2 N–H and O–H groups in total. The van der Waals surface area contributed by atoms with Crippen molar-refractivity contribution in [2.45, 2.75) is 6.54 Å². The van der Waals surface area contributed by atoms with Crippen molar-refractivity contribution >= 4 is 15.9 Å². The normalized spacial score (nSPS) is 10.6. The second kappa shape index (κ2) is 4.89. The lowest BCUT2D eigenvalue weighted by atomic mass is 10.1. The van der Waals surface area contributed by atoms with E-state index in [1.807, 2.05) is 31.4 Å². The fraction of sp³-hybridized carbons (Fsp3) is 0.250. The summed E-state index contributed by atoms with van der Waals surface area (Å²) in [6.45, 7) is 0.430. The summed E-state index contributed by atoms with van der Waals surface area (Å²) < 4.78 is 7.90. The van der Waals surface area contributed by atoms with E-state index in [-0.39, 0.29) is 0 Å². The van der Waals surface area contributed by atoms with E-state index in [1.165, 1.54) is 0 Å². The number of nitrogens with zero attached hydrogens (tertiary/aromatic N) is 2. The minimum atomic E-state index is 0.430. The maximum atomic E-state index is 5.68. The summed E-state index contributed by atoms with van der Waals surface area (Å²) in [6.07, 6.45) is 1.97. The fourth-order valence-corrected chi connectivity index (χ4v) is 2.30. The Kier molecular flexibility index (Phi) is 3.49. The molecule has 2 rings (SSSR count). The molecular weight excluding hydrogens is 282 g/mol. The molecule has 0 radical (unpaired) electrons. The third-order valence-electron chi connectivity index (χ3n) is 2.56. The Hall–Kier alpha value is -1.33. The van der Waals surface area contributed by atoms with Crippen molar-refractivity contribution < 1.29 is 4.74 Å². The highest BCUT2D eigenvalue weighted by atomic mass is 79.9. The molecule has 0 saturated carbocycles. The number of hydrogen-bond acceptors (Lipinski definition) is 3. The van der Waals surface area contributed by atoms with E-state index < -0.39 is 0 Å². The third kappa shape index (κ3) is 2.35. The van der Waals surface area contributed by atoms with Crippen molar-refractivity contribution in [3.05, 3.63) is 34.6 Å². The lowest BCUT2D eigenvalue weighted by molar-refractivity contribution is 0.412. The van der Waals surface area contributed by atoms with Crippen LogP contribution in [0.15, 0.2) is 28.9 Å². The number of hydrogen-bond donors (Lipinski definition) is 1. The quantitative estimate of drug-likeness (QED) is 0.945. The Morgan fingerprint density at radius 2 is 2.24 bits per heavy atom. The highest BCUT2D eigenvalue weighted by molar-refractivity contribution is 9.10. The van der Waals surface area contributed by atoms with Gasteiger partial charge >= 0.3 is 0 Å². The molecule has 0 amide bonds. The zero-order chi connectivity index (χ0) is 12.4. The second-order valence-electron chi connectivity index (χ2n) is 3.72. The van der Waals surface area contributed by atoms with E-state index in [1.54, 1.807) is 11.8 Å². The van der Waals surface area contributed by atoms with Gasteiger partial charge in [0.1, 0.15) is 5.75 Å². The monoisotopic (exact) mass is 295 g/mol. The minimum Gasteiger partial charge on any atom is -0.496 e. The molecule has 0 atom stereocenters. The summed E-state index contributed by atoms with van der Waals surface area (Å²) in [5.74, 6) is 0.812. The first-order valence-electron chi connectivity index (χ1n) is 5.22. The van der Waals surface area contributed by atoms with Crippen molar-refractivity contribution in [3.63, 3.8) is 0 Å². The summed E-state index contributed by atoms with van der Waals surface area (Å²) in [4.78, 5) is 0. The first kappa shape index (κ1) is 12.1. The number of rotatable bonds is 3. The van der Waals surface area contributed by atoms with Crippen LogP contribution in [0.5, 0.6) is 5.75 Å². The van der Waals surface area contributed by atoms with Crippen molar-refractivity contribution in [3.8, 4) is 16.9 Å². The Bertz CT molecular complexity index is 537. The minimum absolute atomic E-state index is 0.430. The van der Waals surface area contributed by atoms with Crippen LogP contribution in [0.25, 0.3) is 11.1 Å². The van der Waals surface area contributed by atoms with Crippen LogP contribution in [-0.2, 0) is 13.6 Å². The summed E-state index contributed by atoms with van der Waals surface area (Å²) in [5.41, 5.74) is 8.71. The molecule has 0 bridgehead atoms. The number of methoxy groups -OCH3 is 1. The van der Waals surface area contributed by atoms with Crippen molar-refractivity contribution in [1.29, 1.82) is 0 Å². The van der Waals surface area contributed by atoms with E-state index in [2.05, 4.69) is 21.0 Å². The lowest BCUT2D eigenvalue weighted by Gasteiger charge is -2.06. The standard InChI is InChI=1S/C12H14BrN3O/c1-16-7-9(11(6-14)15-16)8-3-4-12(17-2)10(13)5-8/h3-5,7H,6,14H2,1-2H3. The number of aromatic nitrogens is 2. The topological polar surface area (TPSA) is 53.1 Å². The number of ether oxygens (including phenoxy) is 1. The van der Waals surface area contributed by atoms with Crippen LogP contribution in [0.2, 0.25) is 0 Å². The average molecular weight is 296 g/mol. The van der Waals surface area contributed by atoms with Gasteiger partial charge in [-0.05, 0) is 33.6 Å². The van der Waals surface area contributed by atoms with Crippen molar-refractivity contribution in [2.75, 3.05) is 7.11 Å². The van der Waals surface area contributed by atoms with Gasteiger partial charge < -0.3 is 10.5 Å². The second-order valence-corrected chi connectivity index (χ2v) is 4.57. The van der Waals surface area contributed by atoms with E-state index in [4.69, 9.17) is 10.5 Å². The molecular formula is C12H14BrN3O. The predicted octanol–water partition coefficient (Wildman–Crippen LogP) is 2.32. The van der Waals surface area contributed by atoms with Gasteiger partial charge in [0.25, 0.3) is 0 Å². The molecule has 0 fully saturated rings. The van der Waals surface area contributed by atoms with Gasteiger partial charge in [-0.25, -0.2) is 0 Å². The van der Waals surface area contributed by atoms with Gasteiger partial charge in [-0.15, -0.1) is 0 Å². The van der Waals surface area contributed by atoms with Gasteiger partial charge in [-0.3, -0.25) is 4.68 Å². The number of halogens is 1. The highest BCUT2D eigenvalue weighted by Crippen LogP contribution is 2.31. The Morgan fingerprint density at radius 3 is 2.82 bits per heavy atom. The molecule has 2 aromatic rings. The molecule has 1 aromatic carbocycles. The van der Waals surface area contributed by atoms with Gasteiger partial charge in [0.2, 0.25) is 0 Å². The summed E-state index contributed by atoms with van der Waals surface area (Å²) in [5, 5.41) is 4.32. The molecule has 17 heavy (non-hydrogen) atoms. The number of aryl methyl sites for hydroxylation is 1. The van der Waals surface area contributed by atoms with Crippen LogP contribution in [0.4, 0.5) is 0 Å². The molecule has 1 aromatic heterocycles. The molecule has 0 saturated heterocycles. The largest absolute Gasteiger partial charge is 0.496 e. The fourth-order valence-electron chi connectivity index (χ4n) is 1.76. The van der Waals surface area contributed by atoms with Crippen LogP contribution in [0.1, 0.15) is 5.69 Å². The summed E-state index contributed by atoms with van der Waals surface area (Å²) in [7, 11) is 3.54. The van der Waals surface area contributed by atoms with Gasteiger partial charge in [-0.1, -0.05) is 6.07 Å². The Labute approximate surface area is 109 Å².